The Morgan fingerprint density at radius 1 is 1.14 bits per heavy atom. The maximum Gasteiger partial charge on any atom is 0.127 e. The zero-order chi connectivity index (χ0) is 20.1. The molecule has 0 aliphatic carbocycles. The number of aromatic hydroxyl groups is 1. The molecule has 2 aromatic rings. The van der Waals surface area contributed by atoms with Gasteiger partial charge in [-0.25, -0.2) is 0 Å². The Morgan fingerprint density at radius 3 is 2.61 bits per heavy atom. The van der Waals surface area contributed by atoms with E-state index in [0.717, 1.165) is 43.4 Å². The van der Waals surface area contributed by atoms with E-state index >= 15 is 0 Å². The van der Waals surface area contributed by atoms with Crippen molar-refractivity contribution in [2.75, 3.05) is 6.54 Å². The van der Waals surface area contributed by atoms with Crippen LogP contribution in [-0.2, 0) is 6.42 Å². The van der Waals surface area contributed by atoms with Crippen LogP contribution < -0.4 is 10.5 Å². The third-order valence-electron chi connectivity index (χ3n) is 6.25. The molecule has 4 unspecified atom stereocenters. The van der Waals surface area contributed by atoms with Gasteiger partial charge in [-0.05, 0) is 86.6 Å². The number of benzene rings is 2. The van der Waals surface area contributed by atoms with Crippen molar-refractivity contribution in [3.05, 3.63) is 59.2 Å². The number of aryl methyl sites for hydroxylation is 1. The molecule has 0 bridgehead atoms. The standard InChI is InChI=1S/C25H35NO2/c1-17(8-7-11-20-9-5-4-6-10-20)21-15-23(27)25-22(18(2)12-13-26)14-19(3)28-24(25)16-21/h4-6,9-10,15-19,22,27H,7-8,11-14,26H2,1-3H3. The molecule has 3 N–H and O–H groups in total. The van der Waals surface area contributed by atoms with Crippen molar-refractivity contribution in [3.8, 4) is 11.5 Å². The fraction of sp³-hybridized carbons (Fsp3) is 0.520. The summed E-state index contributed by atoms with van der Waals surface area (Å²) in [7, 11) is 0. The molecule has 0 saturated carbocycles. The highest BCUT2D eigenvalue weighted by atomic mass is 16.5. The number of phenolic OH excluding ortho intramolecular Hbond substituents is 1. The van der Waals surface area contributed by atoms with Gasteiger partial charge in [0.1, 0.15) is 11.5 Å². The van der Waals surface area contributed by atoms with Crippen LogP contribution in [-0.4, -0.2) is 17.8 Å². The fourth-order valence-electron chi connectivity index (χ4n) is 4.53. The maximum absolute atomic E-state index is 10.9. The molecule has 1 heterocycles. The lowest BCUT2D eigenvalue weighted by atomic mass is 9.78. The number of rotatable bonds is 8. The van der Waals surface area contributed by atoms with Crippen molar-refractivity contribution in [1.29, 1.82) is 0 Å². The predicted octanol–water partition coefficient (Wildman–Crippen LogP) is 5.76. The lowest BCUT2D eigenvalue weighted by molar-refractivity contribution is 0.156. The Morgan fingerprint density at radius 2 is 1.89 bits per heavy atom. The minimum atomic E-state index is 0.167. The van der Waals surface area contributed by atoms with E-state index in [-0.39, 0.29) is 6.10 Å². The molecule has 0 radical (unpaired) electrons. The van der Waals surface area contributed by atoms with Gasteiger partial charge in [-0.1, -0.05) is 44.2 Å². The second-order valence-corrected chi connectivity index (χ2v) is 8.56. The van der Waals surface area contributed by atoms with Crippen molar-refractivity contribution in [2.24, 2.45) is 11.7 Å². The molecule has 0 aromatic heterocycles. The number of fused-ring (bicyclic) bond motifs is 1. The summed E-state index contributed by atoms with van der Waals surface area (Å²) >= 11 is 0. The van der Waals surface area contributed by atoms with E-state index in [4.69, 9.17) is 10.5 Å². The first-order chi connectivity index (χ1) is 13.5. The minimum absolute atomic E-state index is 0.167. The van der Waals surface area contributed by atoms with Crippen molar-refractivity contribution in [2.45, 2.75) is 70.8 Å². The van der Waals surface area contributed by atoms with Crippen molar-refractivity contribution >= 4 is 0 Å². The number of nitrogens with two attached hydrogens (primary N) is 1. The van der Waals surface area contributed by atoms with Crippen molar-refractivity contribution < 1.29 is 9.84 Å². The monoisotopic (exact) mass is 381 g/mol. The van der Waals surface area contributed by atoms with Crippen molar-refractivity contribution in [3.63, 3.8) is 0 Å². The average Bonchev–Trinajstić information content (AvgIpc) is 2.67. The molecule has 0 saturated heterocycles. The molecular formula is C25H35NO2. The molecule has 152 valence electrons. The van der Waals surface area contributed by atoms with E-state index in [0.29, 0.717) is 30.0 Å². The minimum Gasteiger partial charge on any atom is -0.508 e. The van der Waals surface area contributed by atoms with Crippen LogP contribution in [0.2, 0.25) is 0 Å². The summed E-state index contributed by atoms with van der Waals surface area (Å²) in [6.45, 7) is 7.28. The van der Waals surface area contributed by atoms with Crippen molar-refractivity contribution in [1.82, 2.24) is 0 Å². The fourth-order valence-corrected chi connectivity index (χ4v) is 4.53. The third-order valence-corrected chi connectivity index (χ3v) is 6.25. The lowest BCUT2D eigenvalue weighted by Crippen LogP contribution is -2.27. The van der Waals surface area contributed by atoms with Gasteiger partial charge in [-0.15, -0.1) is 0 Å². The first kappa shape index (κ1) is 20.7. The summed E-state index contributed by atoms with van der Waals surface area (Å²) < 4.78 is 6.14. The number of phenols is 1. The second-order valence-electron chi connectivity index (χ2n) is 8.56. The summed E-state index contributed by atoms with van der Waals surface area (Å²) in [5.41, 5.74) is 9.33. The van der Waals surface area contributed by atoms with Crippen LogP contribution in [0.5, 0.6) is 11.5 Å². The zero-order valence-corrected chi connectivity index (χ0v) is 17.5. The number of hydrogen-bond acceptors (Lipinski definition) is 3. The van der Waals surface area contributed by atoms with Gasteiger partial charge in [0.05, 0.1) is 6.10 Å². The summed E-state index contributed by atoms with van der Waals surface area (Å²) in [5, 5.41) is 10.9. The Hall–Kier alpha value is -2.00. The first-order valence-corrected chi connectivity index (χ1v) is 10.8. The molecule has 2 aromatic carbocycles. The molecular weight excluding hydrogens is 346 g/mol. The molecule has 1 aliphatic rings. The van der Waals surface area contributed by atoms with Gasteiger partial charge in [-0.2, -0.15) is 0 Å². The van der Waals surface area contributed by atoms with Crippen LogP contribution in [0.3, 0.4) is 0 Å². The summed E-state index contributed by atoms with van der Waals surface area (Å²) in [6, 6.07) is 14.8. The summed E-state index contributed by atoms with van der Waals surface area (Å²) in [4.78, 5) is 0. The van der Waals surface area contributed by atoms with Crippen LogP contribution in [0.1, 0.15) is 75.0 Å². The van der Waals surface area contributed by atoms with Gasteiger partial charge in [-0.3, -0.25) is 0 Å². The molecule has 3 nitrogen and oxygen atoms in total. The van der Waals surface area contributed by atoms with Crippen LogP contribution in [0.25, 0.3) is 0 Å². The van der Waals surface area contributed by atoms with Crippen LogP contribution in [0.4, 0.5) is 0 Å². The third kappa shape index (κ3) is 4.88. The molecule has 0 spiro atoms. The smallest absolute Gasteiger partial charge is 0.127 e. The van der Waals surface area contributed by atoms with Gasteiger partial charge in [0.15, 0.2) is 0 Å². The highest BCUT2D eigenvalue weighted by molar-refractivity contribution is 5.51. The Bertz CT molecular complexity index is 759. The van der Waals surface area contributed by atoms with Gasteiger partial charge < -0.3 is 15.6 Å². The van der Waals surface area contributed by atoms with Gasteiger partial charge in [0.2, 0.25) is 0 Å². The highest BCUT2D eigenvalue weighted by Gasteiger charge is 2.32. The van der Waals surface area contributed by atoms with Gasteiger partial charge in [0, 0.05) is 5.56 Å². The lowest BCUT2D eigenvalue weighted by Gasteiger charge is -2.35. The molecule has 4 atom stereocenters. The van der Waals surface area contributed by atoms with E-state index in [1.807, 2.05) is 6.07 Å². The van der Waals surface area contributed by atoms with Crippen LogP contribution >= 0.6 is 0 Å². The van der Waals surface area contributed by atoms with Crippen LogP contribution in [0, 0.1) is 5.92 Å². The molecule has 0 fully saturated rings. The van der Waals surface area contributed by atoms with E-state index in [1.54, 1.807) is 0 Å². The van der Waals surface area contributed by atoms with E-state index < -0.39 is 0 Å². The summed E-state index contributed by atoms with van der Waals surface area (Å²) in [5.74, 6) is 2.40. The topological polar surface area (TPSA) is 55.5 Å². The maximum atomic E-state index is 10.9. The second kappa shape index (κ2) is 9.47. The van der Waals surface area contributed by atoms with Gasteiger partial charge in [0.25, 0.3) is 0 Å². The molecule has 1 aliphatic heterocycles. The Kier molecular flexibility index (Phi) is 7.01. The SMILES string of the molecule is CC1CC(C(C)CCN)c2c(O)cc(C(C)CCCc3ccccc3)cc2O1. The zero-order valence-electron chi connectivity index (χ0n) is 17.5. The average molecular weight is 382 g/mol. The van der Waals surface area contributed by atoms with Crippen LogP contribution in [0.15, 0.2) is 42.5 Å². The molecule has 0 amide bonds. The molecule has 3 rings (SSSR count). The summed E-state index contributed by atoms with van der Waals surface area (Å²) in [6.07, 6.45) is 5.39. The predicted molar refractivity (Wildman–Crippen MR) is 116 cm³/mol. The normalized spacial score (nSPS) is 20.9. The Labute approximate surface area is 169 Å². The van der Waals surface area contributed by atoms with E-state index in [1.165, 1.54) is 11.1 Å². The number of hydrogen-bond donors (Lipinski definition) is 2. The highest BCUT2D eigenvalue weighted by Crippen LogP contribution is 2.47. The molecule has 3 heteroatoms. The number of ether oxygens (including phenoxy) is 1. The molecule has 28 heavy (non-hydrogen) atoms. The van der Waals surface area contributed by atoms with E-state index in [9.17, 15) is 5.11 Å². The largest absolute Gasteiger partial charge is 0.508 e. The quantitative estimate of drug-likeness (QED) is 0.611. The first-order valence-electron chi connectivity index (χ1n) is 10.8. The Balaban J connectivity index is 1.73. The van der Waals surface area contributed by atoms with Gasteiger partial charge >= 0.3 is 0 Å². The van der Waals surface area contributed by atoms with E-state index in [2.05, 4.69) is 57.2 Å².